The Morgan fingerprint density at radius 2 is 2.00 bits per heavy atom. The van der Waals surface area contributed by atoms with Gasteiger partial charge in [-0.3, -0.25) is 0 Å². The summed E-state index contributed by atoms with van der Waals surface area (Å²) in [5.41, 5.74) is 6.24. The van der Waals surface area contributed by atoms with Crippen LogP contribution < -0.4 is 5.73 Å². The van der Waals surface area contributed by atoms with Gasteiger partial charge in [0.1, 0.15) is 6.33 Å². The first-order valence-electron chi connectivity index (χ1n) is 4.71. The molecule has 2 heterocycles. The predicted molar refractivity (Wildman–Crippen MR) is 62.4 cm³/mol. The lowest BCUT2D eigenvalue weighted by molar-refractivity contribution is 1.06. The minimum atomic E-state index is 0.319. The summed E-state index contributed by atoms with van der Waals surface area (Å²) in [5, 5.41) is 0. The molecule has 2 N–H and O–H groups in total. The molecule has 0 aromatic carbocycles. The number of rotatable bonds is 2. The Bertz CT molecular complexity index is 389. The molecule has 82 valence electrons. The summed E-state index contributed by atoms with van der Waals surface area (Å²) >= 11 is 0. The Hall–Kier alpha value is -2.30. The highest BCUT2D eigenvalue weighted by molar-refractivity contribution is 5.18. The maximum Gasteiger partial charge on any atom is 0.220 e. The first-order valence-corrected chi connectivity index (χ1v) is 4.71. The van der Waals surface area contributed by atoms with Gasteiger partial charge in [0.15, 0.2) is 0 Å². The molecule has 2 rings (SSSR count). The quantitative estimate of drug-likeness (QED) is 0.763. The molecule has 0 unspecified atom stereocenters. The molecule has 0 amide bonds. The smallest absolute Gasteiger partial charge is 0.220 e. The first kappa shape index (κ1) is 11.8. The molecule has 5 nitrogen and oxygen atoms in total. The lowest BCUT2D eigenvalue weighted by atomic mass is 10.3. The third-order valence-electron chi connectivity index (χ3n) is 1.56. The predicted octanol–water partition coefficient (Wildman–Crippen LogP) is 1.26. The van der Waals surface area contributed by atoms with Crippen LogP contribution in [0.15, 0.2) is 49.7 Å². The lowest BCUT2D eigenvalue weighted by Crippen LogP contribution is -1.96. The van der Waals surface area contributed by atoms with Crippen molar-refractivity contribution in [3.8, 4) is 0 Å². The molecule has 0 fully saturated rings. The van der Waals surface area contributed by atoms with E-state index < -0.39 is 0 Å². The summed E-state index contributed by atoms with van der Waals surface area (Å²) < 4.78 is 0. The third-order valence-corrected chi connectivity index (χ3v) is 1.56. The molecular formula is C11H13N5. The summed E-state index contributed by atoms with van der Waals surface area (Å²) in [6, 6.07) is 3.60. The van der Waals surface area contributed by atoms with E-state index in [2.05, 4.69) is 26.5 Å². The molecule has 0 aliphatic heterocycles. The minimum absolute atomic E-state index is 0.319. The number of hydrogen-bond acceptors (Lipinski definition) is 5. The van der Waals surface area contributed by atoms with Gasteiger partial charge in [-0.2, -0.15) is 0 Å². The maximum atomic E-state index is 5.33. The van der Waals surface area contributed by atoms with Crippen molar-refractivity contribution in [1.29, 1.82) is 0 Å². The molecule has 0 saturated carbocycles. The molecule has 2 aromatic heterocycles. The van der Waals surface area contributed by atoms with Crippen LogP contribution in [-0.4, -0.2) is 19.9 Å². The van der Waals surface area contributed by atoms with Gasteiger partial charge in [0.2, 0.25) is 5.95 Å². The molecule has 0 spiro atoms. The van der Waals surface area contributed by atoms with Crippen molar-refractivity contribution in [2.45, 2.75) is 6.42 Å². The standard InChI is InChI=1S/C7H9N3.C4H4N2/c1-2-3-6-4-5-9-7(8)10-6;1-2-5-4-6-3-1/h2,4-5H,1,3H2,(H2,8,9,10);1-4H. The highest BCUT2D eigenvalue weighted by Crippen LogP contribution is 1.96. The summed E-state index contributed by atoms with van der Waals surface area (Å²) in [5.74, 6) is 0.319. The van der Waals surface area contributed by atoms with Crippen molar-refractivity contribution < 1.29 is 0 Å². The minimum Gasteiger partial charge on any atom is -0.368 e. The monoisotopic (exact) mass is 215 g/mol. The molecule has 0 atom stereocenters. The zero-order chi connectivity index (χ0) is 11.6. The second-order valence-electron chi connectivity index (χ2n) is 2.80. The number of nitrogens with zero attached hydrogens (tertiary/aromatic N) is 4. The number of nitrogens with two attached hydrogens (primary N) is 1. The number of anilines is 1. The van der Waals surface area contributed by atoms with Crippen molar-refractivity contribution in [3.05, 3.63) is 55.4 Å². The van der Waals surface area contributed by atoms with Gasteiger partial charge in [-0.15, -0.1) is 6.58 Å². The van der Waals surface area contributed by atoms with Crippen molar-refractivity contribution >= 4 is 5.95 Å². The van der Waals surface area contributed by atoms with Crippen LogP contribution in [-0.2, 0) is 6.42 Å². The highest BCUT2D eigenvalue weighted by atomic mass is 15.0. The lowest BCUT2D eigenvalue weighted by Gasteiger charge is -1.94. The molecular weight excluding hydrogens is 202 g/mol. The molecule has 0 aliphatic rings. The van der Waals surface area contributed by atoms with E-state index >= 15 is 0 Å². The van der Waals surface area contributed by atoms with Gasteiger partial charge < -0.3 is 5.73 Å². The molecule has 16 heavy (non-hydrogen) atoms. The highest BCUT2D eigenvalue weighted by Gasteiger charge is 1.90. The second kappa shape index (κ2) is 7.05. The zero-order valence-corrected chi connectivity index (χ0v) is 8.82. The topological polar surface area (TPSA) is 77.6 Å². The van der Waals surface area contributed by atoms with E-state index in [1.165, 1.54) is 6.33 Å². The van der Waals surface area contributed by atoms with E-state index in [0.29, 0.717) is 5.95 Å². The fourth-order valence-electron chi connectivity index (χ4n) is 0.928. The van der Waals surface area contributed by atoms with Gasteiger partial charge in [0.05, 0.1) is 0 Å². The van der Waals surface area contributed by atoms with Crippen LogP contribution in [0.25, 0.3) is 0 Å². The van der Waals surface area contributed by atoms with Gasteiger partial charge in [0.25, 0.3) is 0 Å². The normalized spacial score (nSPS) is 8.75. The van der Waals surface area contributed by atoms with Gasteiger partial charge in [-0.25, -0.2) is 19.9 Å². The molecule has 2 aromatic rings. The van der Waals surface area contributed by atoms with Crippen molar-refractivity contribution in [3.63, 3.8) is 0 Å². The number of aromatic nitrogens is 4. The maximum absolute atomic E-state index is 5.33. The van der Waals surface area contributed by atoms with Gasteiger partial charge in [0, 0.05) is 30.7 Å². The Labute approximate surface area is 94.1 Å². The third kappa shape index (κ3) is 4.80. The van der Waals surface area contributed by atoms with Crippen molar-refractivity contribution in [2.24, 2.45) is 0 Å². The van der Waals surface area contributed by atoms with Crippen LogP contribution in [0.2, 0.25) is 0 Å². The molecule has 0 saturated heterocycles. The van der Waals surface area contributed by atoms with Crippen molar-refractivity contribution in [2.75, 3.05) is 5.73 Å². The second-order valence-corrected chi connectivity index (χ2v) is 2.80. The Balaban J connectivity index is 0.000000181. The Morgan fingerprint density at radius 3 is 2.44 bits per heavy atom. The average molecular weight is 215 g/mol. The van der Waals surface area contributed by atoms with Crippen molar-refractivity contribution in [1.82, 2.24) is 19.9 Å². The summed E-state index contributed by atoms with van der Waals surface area (Å²) in [6.45, 7) is 3.58. The van der Waals surface area contributed by atoms with Crippen LogP contribution in [0.5, 0.6) is 0 Å². The van der Waals surface area contributed by atoms with Crippen LogP contribution >= 0.6 is 0 Å². The van der Waals surface area contributed by atoms with E-state index in [4.69, 9.17) is 5.73 Å². The molecule has 5 heteroatoms. The van der Waals surface area contributed by atoms with Crippen LogP contribution in [0.1, 0.15) is 5.69 Å². The largest absolute Gasteiger partial charge is 0.368 e. The fourth-order valence-corrected chi connectivity index (χ4v) is 0.928. The van der Waals surface area contributed by atoms with Crippen LogP contribution in [0, 0.1) is 0 Å². The summed E-state index contributed by atoms with van der Waals surface area (Å²) in [6.07, 6.45) is 9.04. The summed E-state index contributed by atoms with van der Waals surface area (Å²) in [7, 11) is 0. The van der Waals surface area contributed by atoms with Gasteiger partial charge in [-0.05, 0) is 12.1 Å². The summed E-state index contributed by atoms with van der Waals surface area (Å²) in [4.78, 5) is 15.1. The number of hydrogen-bond donors (Lipinski definition) is 1. The zero-order valence-electron chi connectivity index (χ0n) is 8.82. The van der Waals surface area contributed by atoms with E-state index in [9.17, 15) is 0 Å². The first-order chi connectivity index (χ1) is 7.83. The van der Waals surface area contributed by atoms with E-state index in [0.717, 1.165) is 12.1 Å². The number of allylic oxidation sites excluding steroid dienone is 1. The molecule has 0 radical (unpaired) electrons. The van der Waals surface area contributed by atoms with Gasteiger partial charge in [-0.1, -0.05) is 6.08 Å². The van der Waals surface area contributed by atoms with Crippen LogP contribution in [0.4, 0.5) is 5.95 Å². The van der Waals surface area contributed by atoms with Gasteiger partial charge >= 0.3 is 0 Å². The Kier molecular flexibility index (Phi) is 5.19. The average Bonchev–Trinajstić information content (AvgIpc) is 2.33. The van der Waals surface area contributed by atoms with Crippen LogP contribution in [0.3, 0.4) is 0 Å². The Morgan fingerprint density at radius 1 is 1.25 bits per heavy atom. The van der Waals surface area contributed by atoms with E-state index in [-0.39, 0.29) is 0 Å². The molecule has 0 aliphatic carbocycles. The number of nitrogen functional groups attached to an aromatic ring is 1. The fraction of sp³-hybridized carbons (Fsp3) is 0.0909. The van der Waals surface area contributed by atoms with E-state index in [1.54, 1.807) is 30.7 Å². The SMILES string of the molecule is C=CCc1ccnc(N)n1.c1cncnc1. The molecule has 0 bridgehead atoms. The van der Waals surface area contributed by atoms with E-state index in [1.807, 2.05) is 6.07 Å².